The van der Waals surface area contributed by atoms with Crippen LogP contribution in [0.2, 0.25) is 0 Å². The van der Waals surface area contributed by atoms with Gasteiger partial charge in [0, 0.05) is 5.39 Å². The number of ether oxygens (including phenoxy) is 1. The van der Waals surface area contributed by atoms with Crippen LogP contribution in [0, 0.1) is 0 Å². The molecule has 0 saturated heterocycles. The van der Waals surface area contributed by atoms with Crippen molar-refractivity contribution in [3.8, 4) is 0 Å². The van der Waals surface area contributed by atoms with E-state index in [2.05, 4.69) is 9.72 Å². The highest BCUT2D eigenvalue weighted by Gasteiger charge is 2.14. The van der Waals surface area contributed by atoms with E-state index in [-0.39, 0.29) is 12.3 Å². The Balaban J connectivity index is 2.00. The van der Waals surface area contributed by atoms with Crippen molar-refractivity contribution in [2.45, 2.75) is 6.42 Å². The van der Waals surface area contributed by atoms with Gasteiger partial charge in [0.25, 0.3) is 0 Å². The number of hydrogen-bond donors (Lipinski definition) is 1. The molecule has 100 valence electrons. The second kappa shape index (κ2) is 4.65. The van der Waals surface area contributed by atoms with E-state index >= 15 is 0 Å². The molecule has 0 atom stereocenters. The van der Waals surface area contributed by atoms with Crippen LogP contribution in [0.5, 0.6) is 0 Å². The van der Waals surface area contributed by atoms with E-state index in [0.29, 0.717) is 11.1 Å². The van der Waals surface area contributed by atoms with Crippen LogP contribution >= 0.6 is 0 Å². The van der Waals surface area contributed by atoms with E-state index in [4.69, 9.17) is 10.2 Å². The number of hydrogen-bond acceptors (Lipinski definition) is 5. The average Bonchev–Trinajstić information content (AvgIpc) is 2.80. The Hall–Kier alpha value is -2.89. The van der Waals surface area contributed by atoms with Crippen LogP contribution in [0.1, 0.15) is 5.89 Å². The summed E-state index contributed by atoms with van der Waals surface area (Å²) in [5.74, 6) is -0.615. The molecule has 2 N–H and O–H groups in total. The number of benzene rings is 2. The first kappa shape index (κ1) is 12.2. The molecule has 20 heavy (non-hydrogen) atoms. The standard InChI is InChI=1S/C14H10N2O4/c15-14(18)20-12(17)7-11-16-13-9-4-2-1-3-8(9)5-6-10(13)19-11/h1-6H,7H2,(H2,15,18). The lowest BCUT2D eigenvalue weighted by molar-refractivity contribution is -0.136. The molecule has 0 spiro atoms. The molecule has 0 fully saturated rings. The first-order valence-electron chi connectivity index (χ1n) is 5.91. The van der Waals surface area contributed by atoms with Crippen LogP contribution in [0.3, 0.4) is 0 Å². The van der Waals surface area contributed by atoms with Gasteiger partial charge in [-0.05, 0) is 11.5 Å². The van der Waals surface area contributed by atoms with Gasteiger partial charge < -0.3 is 14.9 Å². The smallest absolute Gasteiger partial charge is 0.412 e. The number of aromatic nitrogens is 1. The lowest BCUT2D eigenvalue weighted by Crippen LogP contribution is -2.19. The number of oxazole rings is 1. The highest BCUT2D eigenvalue weighted by molar-refractivity contribution is 6.03. The minimum atomic E-state index is -1.14. The zero-order valence-electron chi connectivity index (χ0n) is 10.3. The number of carbonyl (C=O) groups excluding carboxylic acids is 2. The van der Waals surface area contributed by atoms with Crippen molar-refractivity contribution < 1.29 is 18.7 Å². The number of amides is 1. The topological polar surface area (TPSA) is 95.4 Å². The number of esters is 1. The predicted molar refractivity (Wildman–Crippen MR) is 70.9 cm³/mol. The number of rotatable bonds is 2. The van der Waals surface area contributed by atoms with Crippen molar-refractivity contribution in [2.75, 3.05) is 0 Å². The maximum atomic E-state index is 11.3. The molecule has 1 heterocycles. The van der Waals surface area contributed by atoms with Crippen molar-refractivity contribution >= 4 is 33.9 Å². The number of fused-ring (bicyclic) bond motifs is 3. The highest BCUT2D eigenvalue weighted by atomic mass is 16.6. The van der Waals surface area contributed by atoms with E-state index < -0.39 is 12.1 Å². The van der Waals surface area contributed by atoms with Crippen LogP contribution < -0.4 is 5.73 Å². The number of nitrogens with zero attached hydrogens (tertiary/aromatic N) is 1. The molecule has 0 bridgehead atoms. The van der Waals surface area contributed by atoms with Crippen LogP contribution in [-0.4, -0.2) is 17.0 Å². The SMILES string of the molecule is NC(=O)OC(=O)Cc1nc2c(ccc3ccccc32)o1. The fraction of sp³-hybridized carbons (Fsp3) is 0.0714. The van der Waals surface area contributed by atoms with Gasteiger partial charge in [-0.2, -0.15) is 0 Å². The Morgan fingerprint density at radius 3 is 2.80 bits per heavy atom. The fourth-order valence-electron chi connectivity index (χ4n) is 2.05. The van der Waals surface area contributed by atoms with E-state index in [1.54, 1.807) is 6.07 Å². The first-order chi connectivity index (χ1) is 9.63. The number of nitrogens with two attached hydrogens (primary N) is 1. The molecule has 1 aromatic heterocycles. The van der Waals surface area contributed by atoms with E-state index in [0.717, 1.165) is 10.8 Å². The zero-order chi connectivity index (χ0) is 14.1. The molecule has 3 aromatic rings. The molecule has 3 rings (SSSR count). The summed E-state index contributed by atoms with van der Waals surface area (Å²) < 4.78 is 9.70. The summed E-state index contributed by atoms with van der Waals surface area (Å²) in [7, 11) is 0. The largest absolute Gasteiger partial charge is 0.440 e. The van der Waals surface area contributed by atoms with Crippen LogP contribution in [0.15, 0.2) is 40.8 Å². The van der Waals surface area contributed by atoms with Crippen LogP contribution in [-0.2, 0) is 16.0 Å². The van der Waals surface area contributed by atoms with Crippen molar-refractivity contribution in [3.63, 3.8) is 0 Å². The lowest BCUT2D eigenvalue weighted by Gasteiger charge is -1.95. The second-order valence-electron chi connectivity index (χ2n) is 4.21. The van der Waals surface area contributed by atoms with Gasteiger partial charge in [0.1, 0.15) is 11.9 Å². The van der Waals surface area contributed by atoms with E-state index in [9.17, 15) is 9.59 Å². The maximum Gasteiger partial charge on any atom is 0.412 e. The van der Waals surface area contributed by atoms with Crippen molar-refractivity contribution in [1.82, 2.24) is 4.98 Å². The molecule has 6 nitrogen and oxygen atoms in total. The van der Waals surface area contributed by atoms with Gasteiger partial charge in [0.2, 0.25) is 5.89 Å². The first-order valence-corrected chi connectivity index (χ1v) is 5.91. The zero-order valence-corrected chi connectivity index (χ0v) is 10.3. The summed E-state index contributed by atoms with van der Waals surface area (Å²) in [6.07, 6.45) is -1.39. The Kier molecular flexibility index (Phi) is 2.83. The van der Waals surface area contributed by atoms with Gasteiger partial charge in [0.15, 0.2) is 5.58 Å². The molecule has 0 aliphatic heterocycles. The normalized spacial score (nSPS) is 10.8. The summed E-state index contributed by atoms with van der Waals surface area (Å²) in [6.45, 7) is 0. The van der Waals surface area contributed by atoms with Gasteiger partial charge in [-0.3, -0.25) is 4.79 Å². The Bertz CT molecular complexity index is 822. The summed E-state index contributed by atoms with van der Waals surface area (Å²) in [6, 6.07) is 11.4. The summed E-state index contributed by atoms with van der Waals surface area (Å²) in [4.78, 5) is 26.1. The Morgan fingerprint density at radius 1 is 1.20 bits per heavy atom. The van der Waals surface area contributed by atoms with Gasteiger partial charge in [-0.15, -0.1) is 0 Å². The minimum Gasteiger partial charge on any atom is -0.440 e. The Morgan fingerprint density at radius 2 is 2.00 bits per heavy atom. The molecular weight excluding hydrogens is 260 g/mol. The summed E-state index contributed by atoms with van der Waals surface area (Å²) in [5, 5.41) is 1.96. The maximum absolute atomic E-state index is 11.3. The third-order valence-electron chi connectivity index (χ3n) is 2.84. The van der Waals surface area contributed by atoms with Gasteiger partial charge in [-0.1, -0.05) is 30.3 Å². The van der Waals surface area contributed by atoms with Crippen molar-refractivity contribution in [1.29, 1.82) is 0 Å². The lowest BCUT2D eigenvalue weighted by atomic mass is 10.1. The molecule has 0 saturated carbocycles. The third kappa shape index (κ3) is 2.18. The van der Waals surface area contributed by atoms with Crippen molar-refractivity contribution in [2.24, 2.45) is 5.73 Å². The predicted octanol–water partition coefficient (Wildman–Crippen LogP) is 2.15. The fourth-order valence-corrected chi connectivity index (χ4v) is 2.05. The summed E-state index contributed by atoms with van der Waals surface area (Å²) in [5.41, 5.74) is 6.01. The molecule has 0 radical (unpaired) electrons. The molecule has 0 aliphatic rings. The summed E-state index contributed by atoms with van der Waals surface area (Å²) >= 11 is 0. The minimum absolute atomic E-state index is 0.183. The Labute approximate surface area is 113 Å². The molecule has 1 amide bonds. The quantitative estimate of drug-likeness (QED) is 0.568. The average molecular weight is 270 g/mol. The molecule has 2 aromatic carbocycles. The highest BCUT2D eigenvalue weighted by Crippen LogP contribution is 2.25. The number of carbonyl (C=O) groups is 2. The van der Waals surface area contributed by atoms with Crippen molar-refractivity contribution in [3.05, 3.63) is 42.3 Å². The van der Waals surface area contributed by atoms with Crippen LogP contribution in [0.4, 0.5) is 4.79 Å². The van der Waals surface area contributed by atoms with Crippen LogP contribution in [0.25, 0.3) is 21.9 Å². The molecule has 0 unspecified atom stereocenters. The molecule has 6 heteroatoms. The van der Waals surface area contributed by atoms with E-state index in [1.807, 2.05) is 30.3 Å². The van der Waals surface area contributed by atoms with Gasteiger partial charge in [-0.25, -0.2) is 9.78 Å². The van der Waals surface area contributed by atoms with Gasteiger partial charge in [0.05, 0.1) is 0 Å². The molecule has 0 aliphatic carbocycles. The van der Waals surface area contributed by atoms with Gasteiger partial charge >= 0.3 is 12.1 Å². The van der Waals surface area contributed by atoms with E-state index in [1.165, 1.54) is 0 Å². The molecular formula is C14H10N2O4. The number of primary amides is 1. The monoisotopic (exact) mass is 270 g/mol. The second-order valence-corrected chi connectivity index (χ2v) is 4.21. The third-order valence-corrected chi connectivity index (χ3v) is 2.84.